The van der Waals surface area contributed by atoms with Gasteiger partial charge in [-0.1, -0.05) is 6.92 Å². The first-order chi connectivity index (χ1) is 15.2. The van der Waals surface area contributed by atoms with Gasteiger partial charge in [-0.2, -0.15) is 0 Å². The van der Waals surface area contributed by atoms with Crippen molar-refractivity contribution in [1.29, 1.82) is 0 Å². The van der Waals surface area contributed by atoms with Crippen LogP contribution >= 0.6 is 0 Å². The number of hydrogen-bond acceptors (Lipinski definition) is 5. The number of carbonyl (C=O) groups excluding carboxylic acids is 2. The Morgan fingerprint density at radius 2 is 1.38 bits per heavy atom. The van der Waals surface area contributed by atoms with Crippen molar-refractivity contribution >= 4 is 23.3 Å². The number of anilines is 2. The van der Waals surface area contributed by atoms with Crippen LogP contribution in [0.4, 0.5) is 11.4 Å². The van der Waals surface area contributed by atoms with Crippen LogP contribution in [0.2, 0.25) is 0 Å². The molecule has 3 rings (SSSR count). The van der Waals surface area contributed by atoms with E-state index in [1.165, 1.54) is 5.56 Å². The summed E-state index contributed by atoms with van der Waals surface area (Å²) in [6.07, 6.45) is 0. The van der Waals surface area contributed by atoms with E-state index in [1.54, 1.807) is 0 Å². The fourth-order valence-electron chi connectivity index (χ4n) is 4.28. The molecule has 2 aromatic carbocycles. The molecule has 1 N–H and O–H groups in total. The van der Waals surface area contributed by atoms with Gasteiger partial charge in [0.25, 0.3) is 5.91 Å². The zero-order valence-electron chi connectivity index (χ0n) is 20.2. The van der Waals surface area contributed by atoms with Crippen LogP contribution in [-0.2, 0) is 9.53 Å². The molecule has 172 valence electrons. The molecular weight excluding hydrogens is 402 g/mol. The van der Waals surface area contributed by atoms with E-state index in [0.717, 1.165) is 60.7 Å². The fraction of sp³-hybridized carbons (Fsp3) is 0.462. The Bertz CT molecular complexity index is 961. The average molecular weight is 438 g/mol. The van der Waals surface area contributed by atoms with Gasteiger partial charge < -0.3 is 19.9 Å². The number of amides is 1. The van der Waals surface area contributed by atoms with Gasteiger partial charge in [-0.15, -0.1) is 0 Å². The van der Waals surface area contributed by atoms with Crippen LogP contribution in [0.1, 0.15) is 45.1 Å². The summed E-state index contributed by atoms with van der Waals surface area (Å²) in [7, 11) is 0. The molecule has 0 aliphatic carbocycles. The number of ether oxygens (including phenoxy) is 1. The van der Waals surface area contributed by atoms with Crippen LogP contribution in [0.5, 0.6) is 0 Å². The molecule has 0 aromatic heterocycles. The third kappa shape index (κ3) is 5.13. The minimum absolute atomic E-state index is 0.315. The molecule has 32 heavy (non-hydrogen) atoms. The van der Waals surface area contributed by atoms with E-state index < -0.39 is 5.97 Å². The van der Waals surface area contributed by atoms with Crippen LogP contribution in [0.15, 0.2) is 24.3 Å². The second-order valence-electron chi connectivity index (χ2n) is 8.59. The Balaban J connectivity index is 1.56. The normalized spacial score (nSPS) is 14.4. The average Bonchev–Trinajstić information content (AvgIpc) is 2.81. The van der Waals surface area contributed by atoms with E-state index in [1.807, 2.05) is 52.0 Å². The minimum atomic E-state index is -0.456. The number of benzene rings is 2. The molecule has 1 fully saturated rings. The van der Waals surface area contributed by atoms with Gasteiger partial charge in [-0.05, 0) is 93.2 Å². The number of hydrogen-bond donors (Lipinski definition) is 1. The first-order valence-electron chi connectivity index (χ1n) is 11.3. The topological polar surface area (TPSA) is 61.9 Å². The van der Waals surface area contributed by atoms with Gasteiger partial charge in [0, 0.05) is 37.6 Å². The van der Waals surface area contributed by atoms with Crippen molar-refractivity contribution in [2.45, 2.75) is 41.5 Å². The van der Waals surface area contributed by atoms with Crippen LogP contribution in [-0.4, -0.2) is 56.1 Å². The van der Waals surface area contributed by atoms with E-state index in [0.29, 0.717) is 11.3 Å². The van der Waals surface area contributed by atoms with Crippen molar-refractivity contribution in [1.82, 2.24) is 4.90 Å². The standard InChI is InChI=1S/C26H35N3O3/c1-7-28-12-14-29(15-13-28)23-10-8-22(9-11-23)27-24(30)16-32-26(31)25-20(5)18(3)17(2)19(4)21(25)6/h8-11H,7,12-16H2,1-6H3,(H,27,30). The maximum Gasteiger partial charge on any atom is 0.339 e. The molecule has 1 saturated heterocycles. The number of nitrogens with one attached hydrogen (secondary N) is 1. The summed E-state index contributed by atoms with van der Waals surface area (Å²) < 4.78 is 5.35. The molecule has 0 unspecified atom stereocenters. The highest BCUT2D eigenvalue weighted by molar-refractivity contribution is 5.97. The number of piperazine rings is 1. The van der Waals surface area contributed by atoms with Crippen molar-refractivity contribution in [3.63, 3.8) is 0 Å². The molecular formula is C26H35N3O3. The van der Waals surface area contributed by atoms with E-state index in [-0.39, 0.29) is 12.5 Å². The number of carbonyl (C=O) groups is 2. The highest BCUT2D eigenvalue weighted by Crippen LogP contribution is 2.26. The Hall–Kier alpha value is -2.86. The molecule has 1 heterocycles. The van der Waals surface area contributed by atoms with Crippen molar-refractivity contribution < 1.29 is 14.3 Å². The Morgan fingerprint density at radius 3 is 1.91 bits per heavy atom. The third-order valence-electron chi connectivity index (χ3n) is 6.87. The Kier molecular flexibility index (Phi) is 7.56. The zero-order valence-corrected chi connectivity index (χ0v) is 20.2. The lowest BCUT2D eigenvalue weighted by atomic mass is 9.90. The largest absolute Gasteiger partial charge is 0.452 e. The van der Waals surface area contributed by atoms with E-state index in [2.05, 4.69) is 29.0 Å². The molecule has 0 atom stereocenters. The van der Waals surface area contributed by atoms with Gasteiger partial charge >= 0.3 is 5.97 Å². The molecule has 0 spiro atoms. The minimum Gasteiger partial charge on any atom is -0.452 e. The first-order valence-corrected chi connectivity index (χ1v) is 11.3. The molecule has 1 aliphatic heterocycles. The molecule has 0 bridgehead atoms. The zero-order chi connectivity index (χ0) is 23.4. The SMILES string of the molecule is CCN1CCN(c2ccc(NC(=O)COC(=O)c3c(C)c(C)c(C)c(C)c3C)cc2)CC1. The lowest BCUT2D eigenvalue weighted by Gasteiger charge is -2.35. The summed E-state index contributed by atoms with van der Waals surface area (Å²) in [5.74, 6) is -0.804. The maximum absolute atomic E-state index is 12.7. The summed E-state index contributed by atoms with van der Waals surface area (Å²) in [6, 6.07) is 7.83. The van der Waals surface area contributed by atoms with Crippen LogP contribution in [0.3, 0.4) is 0 Å². The third-order valence-corrected chi connectivity index (χ3v) is 6.87. The van der Waals surface area contributed by atoms with Gasteiger partial charge in [-0.25, -0.2) is 4.79 Å². The monoisotopic (exact) mass is 437 g/mol. The predicted octanol–water partition coefficient (Wildman–Crippen LogP) is 4.17. The van der Waals surface area contributed by atoms with E-state index >= 15 is 0 Å². The van der Waals surface area contributed by atoms with Crippen molar-refractivity contribution in [2.75, 3.05) is 49.5 Å². The van der Waals surface area contributed by atoms with Gasteiger partial charge in [-0.3, -0.25) is 4.79 Å². The van der Waals surface area contributed by atoms with E-state index in [4.69, 9.17) is 4.74 Å². The van der Waals surface area contributed by atoms with E-state index in [9.17, 15) is 9.59 Å². The van der Waals surface area contributed by atoms with Crippen molar-refractivity contribution in [3.05, 3.63) is 57.6 Å². The molecule has 0 radical (unpaired) electrons. The summed E-state index contributed by atoms with van der Waals surface area (Å²) >= 11 is 0. The number of likely N-dealkylation sites (N-methyl/N-ethyl adjacent to an activating group) is 1. The summed E-state index contributed by atoms with van der Waals surface area (Å²) in [4.78, 5) is 29.9. The quantitative estimate of drug-likeness (QED) is 0.688. The Labute approximate surface area is 191 Å². The fourth-order valence-corrected chi connectivity index (χ4v) is 4.28. The van der Waals surface area contributed by atoms with Crippen LogP contribution < -0.4 is 10.2 Å². The molecule has 6 heteroatoms. The second kappa shape index (κ2) is 10.2. The van der Waals surface area contributed by atoms with Gasteiger partial charge in [0.2, 0.25) is 0 Å². The second-order valence-corrected chi connectivity index (χ2v) is 8.59. The predicted molar refractivity (Wildman–Crippen MR) is 130 cm³/mol. The molecule has 6 nitrogen and oxygen atoms in total. The summed E-state index contributed by atoms with van der Waals surface area (Å²) in [5.41, 5.74) is 7.58. The lowest BCUT2D eigenvalue weighted by Crippen LogP contribution is -2.46. The highest BCUT2D eigenvalue weighted by atomic mass is 16.5. The highest BCUT2D eigenvalue weighted by Gasteiger charge is 2.20. The van der Waals surface area contributed by atoms with Crippen LogP contribution in [0, 0.1) is 34.6 Å². The van der Waals surface area contributed by atoms with Gasteiger partial charge in [0.05, 0.1) is 5.56 Å². The number of rotatable bonds is 6. The first kappa shape index (κ1) is 23.8. The molecule has 0 saturated carbocycles. The van der Waals surface area contributed by atoms with Crippen LogP contribution in [0.25, 0.3) is 0 Å². The van der Waals surface area contributed by atoms with Gasteiger partial charge in [0.15, 0.2) is 6.61 Å². The van der Waals surface area contributed by atoms with Crippen molar-refractivity contribution in [3.8, 4) is 0 Å². The maximum atomic E-state index is 12.7. The lowest BCUT2D eigenvalue weighted by molar-refractivity contribution is -0.119. The molecule has 2 aromatic rings. The van der Waals surface area contributed by atoms with Crippen molar-refractivity contribution in [2.24, 2.45) is 0 Å². The number of nitrogens with zero attached hydrogens (tertiary/aromatic N) is 2. The Morgan fingerprint density at radius 1 is 0.844 bits per heavy atom. The molecule has 1 aliphatic rings. The van der Waals surface area contributed by atoms with Gasteiger partial charge in [0.1, 0.15) is 0 Å². The smallest absolute Gasteiger partial charge is 0.339 e. The number of esters is 1. The molecule has 1 amide bonds. The summed E-state index contributed by atoms with van der Waals surface area (Å²) in [6.45, 7) is 17.0. The summed E-state index contributed by atoms with van der Waals surface area (Å²) in [5, 5.41) is 2.81.